The molecule has 21 heavy (non-hydrogen) atoms. The van der Waals surface area contributed by atoms with Crippen molar-refractivity contribution < 1.29 is 14.0 Å². The zero-order valence-corrected chi connectivity index (χ0v) is 12.4. The normalized spacial score (nSPS) is 16.1. The van der Waals surface area contributed by atoms with E-state index in [1.807, 2.05) is 13.8 Å². The lowest BCUT2D eigenvalue weighted by Gasteiger charge is -2.32. The van der Waals surface area contributed by atoms with Crippen LogP contribution in [0.5, 0.6) is 0 Å². The maximum atomic E-state index is 13.6. The average molecular weight is 292 g/mol. The smallest absolute Gasteiger partial charge is 0.256 e. The predicted molar refractivity (Wildman–Crippen MR) is 78.3 cm³/mol. The van der Waals surface area contributed by atoms with Crippen molar-refractivity contribution in [3.63, 3.8) is 0 Å². The van der Waals surface area contributed by atoms with Gasteiger partial charge < -0.3 is 10.2 Å². The standard InChI is InChI=1S/C16H21FN2O2/c1-11(2)15(20)18-12-7-9-19(10-8-12)16(21)13-5-3-4-6-14(13)17/h3-6,11-12H,7-10H2,1-2H3,(H,18,20). The van der Waals surface area contributed by atoms with Gasteiger partial charge in [0.1, 0.15) is 5.82 Å². The number of carbonyl (C=O) groups is 2. The third-order valence-electron chi connectivity index (χ3n) is 3.76. The van der Waals surface area contributed by atoms with E-state index in [4.69, 9.17) is 0 Å². The van der Waals surface area contributed by atoms with Crippen LogP contribution in [0.25, 0.3) is 0 Å². The average Bonchev–Trinajstić information content (AvgIpc) is 2.47. The molecular weight excluding hydrogens is 271 g/mol. The Balaban J connectivity index is 1.91. The Kier molecular flexibility index (Phi) is 4.94. The molecule has 2 rings (SSSR count). The highest BCUT2D eigenvalue weighted by atomic mass is 19.1. The second kappa shape index (κ2) is 6.70. The summed E-state index contributed by atoms with van der Waals surface area (Å²) in [7, 11) is 0. The zero-order chi connectivity index (χ0) is 15.4. The highest BCUT2D eigenvalue weighted by Gasteiger charge is 2.26. The quantitative estimate of drug-likeness (QED) is 0.928. The SMILES string of the molecule is CC(C)C(=O)NC1CCN(C(=O)c2ccccc2F)CC1. The van der Waals surface area contributed by atoms with E-state index in [0.29, 0.717) is 25.9 Å². The van der Waals surface area contributed by atoms with Crippen LogP contribution in [0.4, 0.5) is 4.39 Å². The Labute approximate surface area is 124 Å². The van der Waals surface area contributed by atoms with Gasteiger partial charge in [0.2, 0.25) is 5.91 Å². The molecule has 1 heterocycles. The van der Waals surface area contributed by atoms with Crippen LogP contribution >= 0.6 is 0 Å². The first-order valence-corrected chi connectivity index (χ1v) is 7.33. The third kappa shape index (κ3) is 3.80. The van der Waals surface area contributed by atoms with E-state index in [1.165, 1.54) is 12.1 Å². The van der Waals surface area contributed by atoms with Crippen molar-refractivity contribution in [2.75, 3.05) is 13.1 Å². The molecule has 0 aromatic heterocycles. The molecule has 0 unspecified atom stereocenters. The highest BCUT2D eigenvalue weighted by molar-refractivity contribution is 5.94. The Morgan fingerprint density at radius 2 is 1.86 bits per heavy atom. The summed E-state index contributed by atoms with van der Waals surface area (Å²) in [6.07, 6.45) is 1.41. The molecule has 1 N–H and O–H groups in total. The third-order valence-corrected chi connectivity index (χ3v) is 3.76. The van der Waals surface area contributed by atoms with Crippen LogP contribution in [0.1, 0.15) is 37.0 Å². The lowest BCUT2D eigenvalue weighted by molar-refractivity contribution is -0.124. The van der Waals surface area contributed by atoms with Crippen LogP contribution in [-0.2, 0) is 4.79 Å². The summed E-state index contributed by atoms with van der Waals surface area (Å²) >= 11 is 0. The number of likely N-dealkylation sites (tertiary alicyclic amines) is 1. The summed E-state index contributed by atoms with van der Waals surface area (Å²) in [6, 6.07) is 6.13. The van der Waals surface area contributed by atoms with Gasteiger partial charge in [0, 0.05) is 25.0 Å². The monoisotopic (exact) mass is 292 g/mol. The number of nitrogens with zero attached hydrogens (tertiary/aromatic N) is 1. The van der Waals surface area contributed by atoms with Crippen molar-refractivity contribution in [1.82, 2.24) is 10.2 Å². The fourth-order valence-electron chi connectivity index (χ4n) is 2.40. The summed E-state index contributed by atoms with van der Waals surface area (Å²) in [4.78, 5) is 25.6. The molecule has 1 aliphatic heterocycles. The molecule has 1 aliphatic rings. The predicted octanol–water partition coefficient (Wildman–Crippen LogP) is 2.20. The first-order valence-electron chi connectivity index (χ1n) is 7.33. The van der Waals surface area contributed by atoms with Gasteiger partial charge in [-0.15, -0.1) is 0 Å². The fraction of sp³-hybridized carbons (Fsp3) is 0.500. The Morgan fingerprint density at radius 1 is 1.24 bits per heavy atom. The van der Waals surface area contributed by atoms with Crippen molar-refractivity contribution in [3.8, 4) is 0 Å². The Morgan fingerprint density at radius 3 is 2.43 bits per heavy atom. The number of piperidine rings is 1. The minimum atomic E-state index is -0.488. The van der Waals surface area contributed by atoms with Crippen molar-refractivity contribution in [2.24, 2.45) is 5.92 Å². The Bertz CT molecular complexity index is 523. The molecule has 1 fully saturated rings. The van der Waals surface area contributed by atoms with Gasteiger partial charge in [-0.3, -0.25) is 9.59 Å². The number of hydrogen-bond donors (Lipinski definition) is 1. The van der Waals surface area contributed by atoms with Crippen molar-refractivity contribution in [3.05, 3.63) is 35.6 Å². The number of nitrogens with one attached hydrogen (secondary N) is 1. The van der Waals surface area contributed by atoms with E-state index in [2.05, 4.69) is 5.32 Å². The maximum Gasteiger partial charge on any atom is 0.256 e. The summed E-state index contributed by atoms with van der Waals surface area (Å²) in [5, 5.41) is 2.98. The molecule has 114 valence electrons. The van der Waals surface area contributed by atoms with Gasteiger partial charge in [-0.2, -0.15) is 0 Å². The molecule has 1 aromatic carbocycles. The van der Waals surface area contributed by atoms with Gasteiger partial charge >= 0.3 is 0 Å². The van der Waals surface area contributed by atoms with E-state index in [0.717, 1.165) is 0 Å². The molecule has 0 spiro atoms. The summed E-state index contributed by atoms with van der Waals surface area (Å²) in [6.45, 7) is 4.78. The first kappa shape index (κ1) is 15.5. The van der Waals surface area contributed by atoms with Crippen LogP contribution in [0.15, 0.2) is 24.3 Å². The zero-order valence-electron chi connectivity index (χ0n) is 12.4. The molecule has 0 bridgehead atoms. The van der Waals surface area contributed by atoms with Crippen LogP contribution in [0.3, 0.4) is 0 Å². The fourth-order valence-corrected chi connectivity index (χ4v) is 2.40. The molecule has 1 saturated heterocycles. The molecule has 1 aromatic rings. The van der Waals surface area contributed by atoms with E-state index in [9.17, 15) is 14.0 Å². The number of carbonyl (C=O) groups excluding carboxylic acids is 2. The number of benzene rings is 1. The van der Waals surface area contributed by atoms with E-state index < -0.39 is 5.82 Å². The van der Waals surface area contributed by atoms with Crippen molar-refractivity contribution >= 4 is 11.8 Å². The van der Waals surface area contributed by atoms with Crippen molar-refractivity contribution in [1.29, 1.82) is 0 Å². The van der Waals surface area contributed by atoms with Gasteiger partial charge in [0.15, 0.2) is 0 Å². The molecule has 4 nitrogen and oxygen atoms in total. The summed E-state index contributed by atoms with van der Waals surface area (Å²) in [5.41, 5.74) is 0.113. The van der Waals surface area contributed by atoms with E-state index >= 15 is 0 Å². The van der Waals surface area contributed by atoms with E-state index in [-0.39, 0.29) is 29.3 Å². The number of hydrogen-bond acceptors (Lipinski definition) is 2. The minimum Gasteiger partial charge on any atom is -0.353 e. The van der Waals surface area contributed by atoms with Crippen molar-refractivity contribution in [2.45, 2.75) is 32.7 Å². The molecule has 5 heteroatoms. The van der Waals surface area contributed by atoms with Crippen LogP contribution in [-0.4, -0.2) is 35.8 Å². The number of halogens is 1. The lowest BCUT2D eigenvalue weighted by Crippen LogP contribution is -2.47. The van der Waals surface area contributed by atoms with Gasteiger partial charge in [-0.05, 0) is 25.0 Å². The molecule has 0 saturated carbocycles. The molecule has 2 amide bonds. The molecule has 0 atom stereocenters. The lowest BCUT2D eigenvalue weighted by atomic mass is 10.0. The van der Waals surface area contributed by atoms with E-state index in [1.54, 1.807) is 17.0 Å². The van der Waals surface area contributed by atoms with Crippen LogP contribution in [0.2, 0.25) is 0 Å². The largest absolute Gasteiger partial charge is 0.353 e. The van der Waals surface area contributed by atoms with Crippen LogP contribution < -0.4 is 5.32 Å². The summed E-state index contributed by atoms with van der Waals surface area (Å²) < 4.78 is 13.6. The second-order valence-corrected chi connectivity index (χ2v) is 5.71. The van der Waals surface area contributed by atoms with Crippen LogP contribution in [0, 0.1) is 11.7 Å². The minimum absolute atomic E-state index is 0.0360. The van der Waals surface area contributed by atoms with Gasteiger partial charge in [-0.25, -0.2) is 4.39 Å². The highest BCUT2D eigenvalue weighted by Crippen LogP contribution is 2.16. The topological polar surface area (TPSA) is 49.4 Å². The molecular formula is C16H21FN2O2. The maximum absolute atomic E-state index is 13.6. The van der Waals surface area contributed by atoms with Gasteiger partial charge in [-0.1, -0.05) is 26.0 Å². The van der Waals surface area contributed by atoms with Gasteiger partial charge in [0.25, 0.3) is 5.91 Å². The first-order chi connectivity index (χ1) is 9.99. The number of amides is 2. The second-order valence-electron chi connectivity index (χ2n) is 5.71. The van der Waals surface area contributed by atoms with Gasteiger partial charge in [0.05, 0.1) is 5.56 Å². The summed E-state index contributed by atoms with van der Waals surface area (Å²) in [5.74, 6) is -0.767. The molecule has 0 radical (unpaired) electrons. The number of rotatable bonds is 3. The Hall–Kier alpha value is -1.91. The molecule has 0 aliphatic carbocycles.